The van der Waals surface area contributed by atoms with Crippen LogP contribution in [0.5, 0.6) is 0 Å². The summed E-state index contributed by atoms with van der Waals surface area (Å²) in [7, 11) is 0. The molecule has 0 spiro atoms. The van der Waals surface area contributed by atoms with Crippen molar-refractivity contribution in [3.8, 4) is 17.1 Å². The van der Waals surface area contributed by atoms with Crippen LogP contribution in [0.15, 0.2) is 74.9 Å². The monoisotopic (exact) mass is 579 g/mol. The molecule has 3 heterocycles. The van der Waals surface area contributed by atoms with Crippen molar-refractivity contribution in [2.24, 2.45) is 0 Å². The number of rotatable bonds is 6. The van der Waals surface area contributed by atoms with Crippen LogP contribution in [0.4, 0.5) is 0 Å². The quantitative estimate of drug-likeness (QED) is 0.299. The van der Waals surface area contributed by atoms with Gasteiger partial charge in [-0.15, -0.1) is 10.2 Å². The number of nitrogens with zero attached hydrogens (tertiary/aromatic N) is 5. The van der Waals surface area contributed by atoms with Gasteiger partial charge in [-0.05, 0) is 61.4 Å². The number of carbonyl (C=O) groups excluding carboxylic acids is 2. The highest BCUT2D eigenvalue weighted by Crippen LogP contribution is 2.30. The van der Waals surface area contributed by atoms with Crippen LogP contribution in [-0.2, 0) is 4.79 Å². The third-order valence-electron chi connectivity index (χ3n) is 6.18. The minimum absolute atomic E-state index is 0.00950. The number of amides is 2. The Morgan fingerprint density at radius 3 is 2.27 bits per heavy atom. The fourth-order valence-electron chi connectivity index (χ4n) is 4.39. The van der Waals surface area contributed by atoms with Gasteiger partial charge in [0, 0.05) is 36.2 Å². The molecule has 0 saturated carbocycles. The van der Waals surface area contributed by atoms with E-state index in [-0.39, 0.29) is 17.6 Å². The number of halogens is 1. The molecule has 2 amide bonds. The molecule has 1 saturated heterocycles. The molecule has 5 rings (SSSR count). The van der Waals surface area contributed by atoms with E-state index in [9.17, 15) is 9.59 Å². The molecule has 2 aromatic carbocycles. The molecule has 0 radical (unpaired) electrons. The van der Waals surface area contributed by atoms with Crippen LogP contribution in [0.3, 0.4) is 0 Å². The van der Waals surface area contributed by atoms with Gasteiger partial charge < -0.3 is 14.2 Å². The first-order chi connectivity index (χ1) is 17.9. The summed E-state index contributed by atoms with van der Waals surface area (Å²) < 4.78 is 8.22. The van der Waals surface area contributed by atoms with E-state index in [1.807, 2.05) is 28.8 Å². The average molecular weight is 581 g/mol. The molecular formula is C27H26BrN5O3S. The van der Waals surface area contributed by atoms with Crippen LogP contribution in [0.1, 0.15) is 21.7 Å². The third kappa shape index (κ3) is 5.65. The van der Waals surface area contributed by atoms with Gasteiger partial charge in [0.05, 0.1) is 17.7 Å². The van der Waals surface area contributed by atoms with Crippen molar-refractivity contribution < 1.29 is 14.0 Å². The molecular weight excluding hydrogens is 554 g/mol. The molecule has 37 heavy (non-hydrogen) atoms. The smallest absolute Gasteiger partial charge is 0.289 e. The molecule has 1 aliphatic rings. The highest BCUT2D eigenvalue weighted by molar-refractivity contribution is 9.10. The zero-order chi connectivity index (χ0) is 25.9. The predicted molar refractivity (Wildman–Crippen MR) is 146 cm³/mol. The highest BCUT2D eigenvalue weighted by Gasteiger charge is 2.27. The van der Waals surface area contributed by atoms with Gasteiger partial charge in [-0.3, -0.25) is 14.2 Å². The van der Waals surface area contributed by atoms with E-state index in [1.54, 1.807) is 21.9 Å². The number of aromatic nitrogens is 3. The van der Waals surface area contributed by atoms with E-state index >= 15 is 0 Å². The number of hydrogen-bond acceptors (Lipinski definition) is 6. The number of aryl methyl sites for hydroxylation is 2. The summed E-state index contributed by atoms with van der Waals surface area (Å²) in [5.41, 5.74) is 4.17. The molecule has 2 aromatic heterocycles. The van der Waals surface area contributed by atoms with Crippen LogP contribution in [0.2, 0.25) is 0 Å². The van der Waals surface area contributed by atoms with Crippen molar-refractivity contribution in [3.05, 3.63) is 82.2 Å². The summed E-state index contributed by atoms with van der Waals surface area (Å²) in [6, 6.07) is 17.6. The fraction of sp³-hybridized carbons (Fsp3) is 0.259. The number of carbonyl (C=O) groups is 2. The van der Waals surface area contributed by atoms with E-state index < -0.39 is 0 Å². The summed E-state index contributed by atoms with van der Waals surface area (Å²) in [5.74, 6) is 1.14. The summed E-state index contributed by atoms with van der Waals surface area (Å²) in [6.07, 6.45) is 1.49. The first-order valence-electron chi connectivity index (χ1n) is 11.9. The maximum atomic E-state index is 13.1. The lowest BCUT2D eigenvalue weighted by molar-refractivity contribution is -0.129. The first kappa shape index (κ1) is 25.3. The highest BCUT2D eigenvalue weighted by atomic mass is 79.9. The second-order valence-electron chi connectivity index (χ2n) is 8.93. The Bertz CT molecular complexity index is 1390. The first-order valence-corrected chi connectivity index (χ1v) is 13.7. The molecule has 0 N–H and O–H groups in total. The van der Waals surface area contributed by atoms with Crippen molar-refractivity contribution in [2.45, 2.75) is 19.0 Å². The largest absolute Gasteiger partial charge is 0.459 e. The topological polar surface area (TPSA) is 84.5 Å². The molecule has 0 aliphatic carbocycles. The zero-order valence-corrected chi connectivity index (χ0v) is 23.0. The molecule has 10 heteroatoms. The SMILES string of the molecule is Cc1cc(C)cc(-n2c(SCC(=O)N3CCN(C(=O)c4ccco4)CC3)nnc2-c2ccc(Br)cc2)c1. The van der Waals surface area contributed by atoms with E-state index in [0.29, 0.717) is 37.1 Å². The van der Waals surface area contributed by atoms with Crippen molar-refractivity contribution >= 4 is 39.5 Å². The van der Waals surface area contributed by atoms with Gasteiger partial charge in [0.15, 0.2) is 16.7 Å². The van der Waals surface area contributed by atoms with Crippen LogP contribution in [0.25, 0.3) is 17.1 Å². The summed E-state index contributed by atoms with van der Waals surface area (Å²) in [5, 5.41) is 9.61. The number of thioether (sulfide) groups is 1. The minimum atomic E-state index is -0.145. The lowest BCUT2D eigenvalue weighted by atomic mass is 10.1. The van der Waals surface area contributed by atoms with Gasteiger partial charge in [-0.2, -0.15) is 0 Å². The lowest BCUT2D eigenvalue weighted by Gasteiger charge is -2.34. The Morgan fingerprint density at radius 2 is 1.62 bits per heavy atom. The van der Waals surface area contributed by atoms with E-state index in [2.05, 4.69) is 58.2 Å². The Labute approximate surface area is 227 Å². The Kier molecular flexibility index (Phi) is 7.48. The molecule has 0 unspecified atom stereocenters. The maximum absolute atomic E-state index is 13.1. The van der Waals surface area contributed by atoms with Gasteiger partial charge in [0.2, 0.25) is 5.91 Å². The van der Waals surface area contributed by atoms with Gasteiger partial charge in [-0.25, -0.2) is 0 Å². The minimum Gasteiger partial charge on any atom is -0.459 e. The van der Waals surface area contributed by atoms with Gasteiger partial charge in [0.1, 0.15) is 0 Å². The number of benzene rings is 2. The molecule has 1 fully saturated rings. The molecule has 0 atom stereocenters. The van der Waals surface area contributed by atoms with Gasteiger partial charge in [0.25, 0.3) is 5.91 Å². The normalized spacial score (nSPS) is 13.7. The van der Waals surface area contributed by atoms with E-state index in [4.69, 9.17) is 4.42 Å². The Hall–Kier alpha value is -3.37. The molecule has 4 aromatic rings. The summed E-state index contributed by atoms with van der Waals surface area (Å²) in [6.45, 7) is 6.05. The molecule has 8 nitrogen and oxygen atoms in total. The van der Waals surface area contributed by atoms with Crippen LogP contribution in [0, 0.1) is 13.8 Å². The standard InChI is InChI=1S/C27H26BrN5O3S/c1-18-14-19(2)16-22(15-18)33-25(20-5-7-21(28)8-6-20)29-30-27(33)37-17-24(34)31-9-11-32(12-10-31)26(35)23-4-3-13-36-23/h3-8,13-16H,9-12,17H2,1-2H3. The number of piperazine rings is 1. The van der Waals surface area contributed by atoms with Crippen molar-refractivity contribution in [3.63, 3.8) is 0 Å². The number of furan rings is 1. The Balaban J connectivity index is 1.31. The van der Waals surface area contributed by atoms with E-state index in [0.717, 1.165) is 32.7 Å². The fourth-order valence-corrected chi connectivity index (χ4v) is 5.51. The zero-order valence-electron chi connectivity index (χ0n) is 20.6. The van der Waals surface area contributed by atoms with Crippen molar-refractivity contribution in [2.75, 3.05) is 31.9 Å². The van der Waals surface area contributed by atoms with Crippen molar-refractivity contribution in [1.29, 1.82) is 0 Å². The van der Waals surface area contributed by atoms with Crippen LogP contribution in [-0.4, -0.2) is 68.3 Å². The molecule has 1 aliphatic heterocycles. The lowest BCUT2D eigenvalue weighted by Crippen LogP contribution is -2.51. The van der Waals surface area contributed by atoms with Crippen LogP contribution >= 0.6 is 27.7 Å². The maximum Gasteiger partial charge on any atom is 0.289 e. The predicted octanol–water partition coefficient (Wildman–Crippen LogP) is 4.98. The van der Waals surface area contributed by atoms with Crippen LogP contribution < -0.4 is 0 Å². The molecule has 0 bridgehead atoms. The molecule has 190 valence electrons. The van der Waals surface area contributed by atoms with Gasteiger partial charge >= 0.3 is 0 Å². The van der Waals surface area contributed by atoms with Gasteiger partial charge in [-0.1, -0.05) is 45.9 Å². The van der Waals surface area contributed by atoms with Crippen molar-refractivity contribution in [1.82, 2.24) is 24.6 Å². The summed E-state index contributed by atoms with van der Waals surface area (Å²) >= 11 is 4.86. The average Bonchev–Trinajstić information content (AvgIpc) is 3.57. The number of hydrogen-bond donors (Lipinski definition) is 0. The second kappa shape index (κ2) is 10.9. The summed E-state index contributed by atoms with van der Waals surface area (Å²) in [4.78, 5) is 29.1. The Morgan fingerprint density at radius 1 is 0.946 bits per heavy atom. The van der Waals surface area contributed by atoms with E-state index in [1.165, 1.54) is 18.0 Å². The third-order valence-corrected chi connectivity index (χ3v) is 7.62. The second-order valence-corrected chi connectivity index (χ2v) is 10.8.